The summed E-state index contributed by atoms with van der Waals surface area (Å²) < 4.78 is 0. The van der Waals surface area contributed by atoms with Gasteiger partial charge in [-0.3, -0.25) is 0 Å². The Morgan fingerprint density at radius 2 is 2.18 bits per heavy atom. The predicted molar refractivity (Wildman–Crippen MR) is 73.3 cm³/mol. The van der Waals surface area contributed by atoms with Crippen molar-refractivity contribution in [3.8, 4) is 0 Å². The van der Waals surface area contributed by atoms with Crippen molar-refractivity contribution in [2.45, 2.75) is 64.0 Å². The summed E-state index contributed by atoms with van der Waals surface area (Å²) >= 11 is 0. The van der Waals surface area contributed by atoms with Crippen LogP contribution in [-0.2, 0) is 0 Å². The maximum atomic E-state index is 9.49. The lowest BCUT2D eigenvalue weighted by atomic mass is 9.91. The normalized spacial score (nSPS) is 25.1. The number of aliphatic hydroxyl groups excluding tert-OH is 1. The Hall–Kier alpha value is -0.120. The van der Waals surface area contributed by atoms with Crippen LogP contribution in [0.5, 0.6) is 0 Å². The molecule has 2 N–H and O–H groups in total. The van der Waals surface area contributed by atoms with E-state index in [0.717, 1.165) is 18.9 Å². The summed E-state index contributed by atoms with van der Waals surface area (Å²) in [6.45, 7) is 7.16. The average molecular weight is 242 g/mol. The molecule has 3 nitrogen and oxygen atoms in total. The highest BCUT2D eigenvalue weighted by molar-refractivity contribution is 4.86. The van der Waals surface area contributed by atoms with Gasteiger partial charge in [-0.1, -0.05) is 13.8 Å². The molecular weight excluding hydrogens is 212 g/mol. The van der Waals surface area contributed by atoms with E-state index in [9.17, 15) is 5.11 Å². The van der Waals surface area contributed by atoms with Gasteiger partial charge < -0.3 is 15.3 Å². The fourth-order valence-electron chi connectivity index (χ4n) is 3.02. The van der Waals surface area contributed by atoms with Crippen LogP contribution in [-0.4, -0.2) is 48.3 Å². The highest BCUT2D eigenvalue weighted by Gasteiger charge is 2.26. The van der Waals surface area contributed by atoms with Crippen molar-refractivity contribution in [1.82, 2.24) is 10.2 Å². The molecule has 17 heavy (non-hydrogen) atoms. The van der Waals surface area contributed by atoms with Crippen molar-refractivity contribution in [3.63, 3.8) is 0 Å². The first-order valence-corrected chi connectivity index (χ1v) is 7.25. The first-order valence-electron chi connectivity index (χ1n) is 7.25. The molecule has 2 atom stereocenters. The SMILES string of the molecule is CCC1CCCN1CCCC(CC)(CO)NC. The van der Waals surface area contributed by atoms with Crippen molar-refractivity contribution in [2.75, 3.05) is 26.7 Å². The van der Waals surface area contributed by atoms with Gasteiger partial charge in [-0.2, -0.15) is 0 Å². The van der Waals surface area contributed by atoms with Gasteiger partial charge in [0.15, 0.2) is 0 Å². The van der Waals surface area contributed by atoms with Crippen LogP contribution in [0.4, 0.5) is 0 Å². The fraction of sp³-hybridized carbons (Fsp3) is 1.00. The number of likely N-dealkylation sites (tertiary alicyclic amines) is 1. The minimum Gasteiger partial charge on any atom is -0.394 e. The van der Waals surface area contributed by atoms with E-state index in [2.05, 4.69) is 24.1 Å². The second-order valence-corrected chi connectivity index (χ2v) is 5.39. The van der Waals surface area contributed by atoms with E-state index < -0.39 is 0 Å². The smallest absolute Gasteiger partial charge is 0.0613 e. The average Bonchev–Trinajstić information content (AvgIpc) is 2.83. The zero-order valence-electron chi connectivity index (χ0n) is 11.8. The highest BCUT2D eigenvalue weighted by Crippen LogP contribution is 2.22. The third kappa shape index (κ3) is 3.94. The van der Waals surface area contributed by atoms with Crippen LogP contribution in [0.25, 0.3) is 0 Å². The third-order valence-corrected chi connectivity index (χ3v) is 4.58. The number of likely N-dealkylation sites (N-methyl/N-ethyl adjacent to an activating group) is 1. The molecule has 0 aromatic rings. The predicted octanol–water partition coefficient (Wildman–Crippen LogP) is 2.00. The maximum Gasteiger partial charge on any atom is 0.0613 e. The summed E-state index contributed by atoms with van der Waals surface area (Å²) in [5.74, 6) is 0. The monoisotopic (exact) mass is 242 g/mol. The molecule has 1 fully saturated rings. The molecule has 0 aromatic carbocycles. The van der Waals surface area contributed by atoms with Crippen molar-refractivity contribution in [2.24, 2.45) is 0 Å². The molecule has 1 heterocycles. The van der Waals surface area contributed by atoms with Gasteiger partial charge in [0.1, 0.15) is 0 Å². The number of hydrogen-bond donors (Lipinski definition) is 2. The minimum absolute atomic E-state index is 0.0541. The number of hydrogen-bond acceptors (Lipinski definition) is 3. The Bertz CT molecular complexity index is 196. The van der Waals surface area contributed by atoms with Gasteiger partial charge in [-0.05, 0) is 58.7 Å². The quantitative estimate of drug-likeness (QED) is 0.683. The minimum atomic E-state index is -0.0541. The number of rotatable bonds is 8. The standard InChI is InChI=1S/C14H30N2O/c1-4-13-8-6-10-16(13)11-7-9-14(5-2,12-17)15-3/h13,15,17H,4-12H2,1-3H3. The van der Waals surface area contributed by atoms with Gasteiger partial charge in [0.2, 0.25) is 0 Å². The van der Waals surface area contributed by atoms with Crippen molar-refractivity contribution in [1.29, 1.82) is 0 Å². The second kappa shape index (κ2) is 7.34. The van der Waals surface area contributed by atoms with Crippen LogP contribution in [0.1, 0.15) is 52.4 Å². The first-order chi connectivity index (χ1) is 8.21. The van der Waals surface area contributed by atoms with Gasteiger partial charge >= 0.3 is 0 Å². The van der Waals surface area contributed by atoms with E-state index in [-0.39, 0.29) is 12.1 Å². The van der Waals surface area contributed by atoms with Crippen LogP contribution in [0.15, 0.2) is 0 Å². The number of nitrogens with zero attached hydrogens (tertiary/aromatic N) is 1. The van der Waals surface area contributed by atoms with Crippen LogP contribution in [0, 0.1) is 0 Å². The fourth-order valence-corrected chi connectivity index (χ4v) is 3.02. The van der Waals surface area contributed by atoms with Crippen molar-refractivity contribution in [3.05, 3.63) is 0 Å². The molecule has 0 bridgehead atoms. The van der Waals surface area contributed by atoms with Gasteiger partial charge in [0.25, 0.3) is 0 Å². The van der Waals surface area contributed by atoms with Crippen LogP contribution >= 0.6 is 0 Å². The Morgan fingerprint density at radius 3 is 2.71 bits per heavy atom. The number of aliphatic hydroxyl groups is 1. The lowest BCUT2D eigenvalue weighted by molar-refractivity contribution is 0.144. The lowest BCUT2D eigenvalue weighted by Gasteiger charge is -2.32. The molecular formula is C14H30N2O. The summed E-state index contributed by atoms with van der Waals surface area (Å²) in [4.78, 5) is 2.63. The summed E-state index contributed by atoms with van der Waals surface area (Å²) in [7, 11) is 1.96. The van der Waals surface area contributed by atoms with E-state index in [4.69, 9.17) is 0 Å². The summed E-state index contributed by atoms with van der Waals surface area (Å²) in [6.07, 6.45) is 7.28. The molecule has 0 amide bonds. The summed E-state index contributed by atoms with van der Waals surface area (Å²) in [5, 5.41) is 12.8. The molecule has 2 unspecified atom stereocenters. The summed E-state index contributed by atoms with van der Waals surface area (Å²) in [5.41, 5.74) is -0.0541. The third-order valence-electron chi connectivity index (χ3n) is 4.58. The molecule has 1 aliphatic rings. The van der Waals surface area contributed by atoms with E-state index >= 15 is 0 Å². The van der Waals surface area contributed by atoms with Crippen molar-refractivity contribution < 1.29 is 5.11 Å². The molecule has 1 aliphatic heterocycles. The highest BCUT2D eigenvalue weighted by atomic mass is 16.3. The molecule has 0 spiro atoms. The largest absolute Gasteiger partial charge is 0.394 e. The molecule has 3 heteroatoms. The van der Waals surface area contributed by atoms with E-state index in [1.54, 1.807) is 0 Å². The van der Waals surface area contributed by atoms with Gasteiger partial charge in [-0.25, -0.2) is 0 Å². The number of nitrogens with one attached hydrogen (secondary N) is 1. The van der Waals surface area contributed by atoms with E-state index in [1.165, 1.54) is 38.8 Å². The molecule has 0 saturated carbocycles. The molecule has 1 saturated heterocycles. The Kier molecular flexibility index (Phi) is 6.45. The Balaban J connectivity index is 2.30. The van der Waals surface area contributed by atoms with Crippen molar-refractivity contribution >= 4 is 0 Å². The summed E-state index contributed by atoms with van der Waals surface area (Å²) in [6, 6.07) is 0.815. The molecule has 102 valence electrons. The Labute approximate surface area is 107 Å². The van der Waals surface area contributed by atoms with Crippen LogP contribution in [0.2, 0.25) is 0 Å². The molecule has 0 aliphatic carbocycles. The molecule has 1 rings (SSSR count). The first kappa shape index (κ1) is 14.9. The van der Waals surface area contributed by atoms with E-state index in [0.29, 0.717) is 0 Å². The molecule has 0 aromatic heterocycles. The van der Waals surface area contributed by atoms with Crippen LogP contribution < -0.4 is 5.32 Å². The van der Waals surface area contributed by atoms with Crippen LogP contribution in [0.3, 0.4) is 0 Å². The maximum absolute atomic E-state index is 9.49. The van der Waals surface area contributed by atoms with E-state index in [1.807, 2.05) is 7.05 Å². The van der Waals surface area contributed by atoms with Gasteiger partial charge in [-0.15, -0.1) is 0 Å². The zero-order chi connectivity index (χ0) is 12.7. The molecule has 0 radical (unpaired) electrons. The van der Waals surface area contributed by atoms with Gasteiger partial charge in [0, 0.05) is 11.6 Å². The Morgan fingerprint density at radius 1 is 1.41 bits per heavy atom. The van der Waals surface area contributed by atoms with Gasteiger partial charge in [0.05, 0.1) is 6.61 Å². The lowest BCUT2D eigenvalue weighted by Crippen LogP contribution is -2.46. The topological polar surface area (TPSA) is 35.5 Å². The zero-order valence-corrected chi connectivity index (χ0v) is 11.8. The second-order valence-electron chi connectivity index (χ2n) is 5.39.